The Kier molecular flexibility index (Phi) is 6.10. The fourth-order valence-electron chi connectivity index (χ4n) is 2.75. The summed E-state index contributed by atoms with van der Waals surface area (Å²) in [5, 5.41) is 2.98. The first-order valence-corrected chi connectivity index (χ1v) is 9.31. The molecule has 1 aromatic heterocycles. The molecule has 7 nitrogen and oxygen atoms in total. The molecule has 9 heteroatoms. The Morgan fingerprint density at radius 1 is 1.10 bits per heavy atom. The van der Waals surface area contributed by atoms with Gasteiger partial charge in [0, 0.05) is 12.1 Å². The maximum absolute atomic E-state index is 12.8. The topological polar surface area (TPSA) is 82.3 Å². The summed E-state index contributed by atoms with van der Waals surface area (Å²) in [4.78, 5) is 37.2. The minimum Gasteiger partial charge on any atom is -0.452 e. The summed E-state index contributed by atoms with van der Waals surface area (Å²) in [6.45, 7) is 1.12. The van der Waals surface area contributed by atoms with Gasteiger partial charge in [0.15, 0.2) is 6.61 Å². The highest BCUT2D eigenvalue weighted by Gasteiger charge is 2.19. The highest BCUT2D eigenvalue weighted by molar-refractivity contribution is 6.35. The molecule has 2 aromatic carbocycles. The molecule has 0 atom stereocenters. The van der Waals surface area contributed by atoms with E-state index in [-0.39, 0.29) is 16.3 Å². The Morgan fingerprint density at radius 3 is 2.48 bits per heavy atom. The Balaban J connectivity index is 1.74. The van der Waals surface area contributed by atoms with Gasteiger partial charge in [-0.25, -0.2) is 9.48 Å². The summed E-state index contributed by atoms with van der Waals surface area (Å²) in [7, 11) is 1.71. The van der Waals surface area contributed by atoms with E-state index in [1.165, 1.54) is 22.9 Å². The SMILES string of the molecule is Cc1c(NC(=O)COC(=O)c2cc(Cl)ccc2Cl)c(=O)n(-c2ccccc2)n1C. The lowest BCUT2D eigenvalue weighted by Crippen LogP contribution is -2.25. The summed E-state index contributed by atoms with van der Waals surface area (Å²) in [6.07, 6.45) is 0. The van der Waals surface area contributed by atoms with Gasteiger partial charge in [0.2, 0.25) is 0 Å². The quantitative estimate of drug-likeness (QED) is 0.623. The average molecular weight is 434 g/mol. The van der Waals surface area contributed by atoms with Crippen molar-refractivity contribution in [1.82, 2.24) is 9.36 Å². The van der Waals surface area contributed by atoms with Gasteiger partial charge in [0.1, 0.15) is 5.69 Å². The van der Waals surface area contributed by atoms with Gasteiger partial charge in [-0.2, -0.15) is 0 Å². The summed E-state index contributed by atoms with van der Waals surface area (Å²) in [6, 6.07) is 13.4. The third kappa shape index (κ3) is 4.36. The van der Waals surface area contributed by atoms with E-state index < -0.39 is 24.0 Å². The fourth-order valence-corrected chi connectivity index (χ4v) is 3.12. The third-order valence-corrected chi connectivity index (χ3v) is 4.87. The molecule has 1 amide bonds. The second kappa shape index (κ2) is 8.55. The average Bonchev–Trinajstić information content (AvgIpc) is 2.92. The van der Waals surface area contributed by atoms with Crippen molar-refractivity contribution >= 4 is 40.8 Å². The molecule has 0 aliphatic heterocycles. The Morgan fingerprint density at radius 2 is 1.79 bits per heavy atom. The highest BCUT2D eigenvalue weighted by Crippen LogP contribution is 2.21. The van der Waals surface area contributed by atoms with Crippen molar-refractivity contribution in [3.8, 4) is 5.69 Å². The van der Waals surface area contributed by atoms with Crippen molar-refractivity contribution in [2.75, 3.05) is 11.9 Å². The number of nitrogens with one attached hydrogen (secondary N) is 1. The number of rotatable bonds is 5. The van der Waals surface area contributed by atoms with Crippen LogP contribution in [0.1, 0.15) is 16.1 Å². The molecule has 3 aromatic rings. The van der Waals surface area contributed by atoms with Gasteiger partial charge in [-0.1, -0.05) is 41.4 Å². The summed E-state index contributed by atoms with van der Waals surface area (Å²) < 4.78 is 8.05. The fraction of sp³-hybridized carbons (Fsp3) is 0.150. The van der Waals surface area contributed by atoms with Crippen molar-refractivity contribution in [3.05, 3.63) is 80.2 Å². The number of hydrogen-bond donors (Lipinski definition) is 1. The van der Waals surface area contributed by atoms with Crippen LogP contribution in [0.25, 0.3) is 5.69 Å². The number of para-hydroxylation sites is 1. The van der Waals surface area contributed by atoms with Crippen molar-refractivity contribution in [3.63, 3.8) is 0 Å². The molecule has 0 saturated carbocycles. The number of amides is 1. The Labute approximate surface area is 176 Å². The van der Waals surface area contributed by atoms with Crippen LogP contribution in [0, 0.1) is 6.92 Å². The molecule has 150 valence electrons. The smallest absolute Gasteiger partial charge is 0.340 e. The third-order valence-electron chi connectivity index (χ3n) is 4.30. The maximum Gasteiger partial charge on any atom is 0.340 e. The molecule has 0 aliphatic carbocycles. The van der Waals surface area contributed by atoms with E-state index in [4.69, 9.17) is 27.9 Å². The van der Waals surface area contributed by atoms with E-state index in [0.717, 1.165) is 0 Å². The summed E-state index contributed by atoms with van der Waals surface area (Å²) in [5.74, 6) is -1.44. The predicted molar refractivity (Wildman–Crippen MR) is 111 cm³/mol. The second-order valence-electron chi connectivity index (χ2n) is 6.18. The number of hydrogen-bond acceptors (Lipinski definition) is 4. The molecule has 0 fully saturated rings. The molecule has 1 heterocycles. The van der Waals surface area contributed by atoms with Crippen LogP contribution in [-0.2, 0) is 16.6 Å². The molecule has 0 spiro atoms. The zero-order valence-corrected chi connectivity index (χ0v) is 17.1. The van der Waals surface area contributed by atoms with Crippen LogP contribution < -0.4 is 10.9 Å². The van der Waals surface area contributed by atoms with Crippen LogP contribution >= 0.6 is 23.2 Å². The first-order chi connectivity index (χ1) is 13.8. The number of ether oxygens (including phenoxy) is 1. The van der Waals surface area contributed by atoms with Gasteiger partial charge in [-0.15, -0.1) is 0 Å². The van der Waals surface area contributed by atoms with Crippen LogP contribution in [0.5, 0.6) is 0 Å². The van der Waals surface area contributed by atoms with Gasteiger partial charge in [0.25, 0.3) is 11.5 Å². The van der Waals surface area contributed by atoms with Crippen LogP contribution in [-0.4, -0.2) is 27.8 Å². The van der Waals surface area contributed by atoms with E-state index in [0.29, 0.717) is 16.4 Å². The van der Waals surface area contributed by atoms with Crippen LogP contribution in [0.3, 0.4) is 0 Å². The Bertz CT molecular complexity index is 1140. The molecule has 0 aliphatic rings. The lowest BCUT2D eigenvalue weighted by molar-refractivity contribution is -0.119. The minimum absolute atomic E-state index is 0.0503. The van der Waals surface area contributed by atoms with Crippen molar-refractivity contribution in [1.29, 1.82) is 0 Å². The lowest BCUT2D eigenvalue weighted by Gasteiger charge is -2.07. The summed E-state index contributed by atoms with van der Waals surface area (Å²) in [5.41, 5.74) is 0.975. The van der Waals surface area contributed by atoms with Gasteiger partial charge >= 0.3 is 5.97 Å². The van der Waals surface area contributed by atoms with E-state index >= 15 is 0 Å². The number of halogens is 2. The number of carbonyl (C=O) groups is 2. The van der Waals surface area contributed by atoms with Gasteiger partial charge < -0.3 is 10.1 Å². The normalized spacial score (nSPS) is 10.6. The van der Waals surface area contributed by atoms with Crippen LogP contribution in [0.15, 0.2) is 53.3 Å². The number of anilines is 1. The van der Waals surface area contributed by atoms with E-state index in [9.17, 15) is 14.4 Å². The molecule has 1 N–H and O–H groups in total. The number of carbonyl (C=O) groups excluding carboxylic acids is 2. The van der Waals surface area contributed by atoms with E-state index in [2.05, 4.69) is 5.32 Å². The maximum atomic E-state index is 12.8. The second-order valence-corrected chi connectivity index (χ2v) is 7.03. The van der Waals surface area contributed by atoms with Gasteiger partial charge in [-0.3, -0.25) is 14.3 Å². The molecule has 0 saturated heterocycles. The number of aromatic nitrogens is 2. The number of nitrogens with zero attached hydrogens (tertiary/aromatic N) is 2. The molecule has 29 heavy (non-hydrogen) atoms. The largest absolute Gasteiger partial charge is 0.452 e. The van der Waals surface area contributed by atoms with Gasteiger partial charge in [0.05, 0.1) is 22.0 Å². The molecular formula is C20H17Cl2N3O4. The monoisotopic (exact) mass is 433 g/mol. The van der Waals surface area contributed by atoms with Gasteiger partial charge in [-0.05, 0) is 37.3 Å². The standard InChI is InChI=1S/C20H17Cl2N3O4/c1-12-18(19(27)25(24(12)2)14-6-4-3-5-7-14)23-17(26)11-29-20(28)15-10-13(21)8-9-16(15)22/h3-10H,11H2,1-2H3,(H,23,26). The molecule has 3 rings (SSSR count). The highest BCUT2D eigenvalue weighted by atomic mass is 35.5. The summed E-state index contributed by atoms with van der Waals surface area (Å²) >= 11 is 11.8. The zero-order valence-electron chi connectivity index (χ0n) is 15.6. The molecule has 0 unspecified atom stereocenters. The zero-order chi connectivity index (χ0) is 21.1. The van der Waals surface area contributed by atoms with Crippen molar-refractivity contribution < 1.29 is 14.3 Å². The first kappa shape index (κ1) is 20.7. The van der Waals surface area contributed by atoms with Crippen molar-refractivity contribution in [2.45, 2.75) is 6.92 Å². The molecular weight excluding hydrogens is 417 g/mol. The number of esters is 1. The number of benzene rings is 2. The first-order valence-electron chi connectivity index (χ1n) is 8.55. The molecule has 0 radical (unpaired) electrons. The minimum atomic E-state index is -0.792. The van der Waals surface area contributed by atoms with Crippen LogP contribution in [0.4, 0.5) is 5.69 Å². The predicted octanol–water partition coefficient (Wildman–Crippen LogP) is 3.59. The van der Waals surface area contributed by atoms with Crippen LogP contribution in [0.2, 0.25) is 10.0 Å². The van der Waals surface area contributed by atoms with E-state index in [1.807, 2.05) is 18.2 Å². The lowest BCUT2D eigenvalue weighted by atomic mass is 10.2. The molecule has 0 bridgehead atoms. The van der Waals surface area contributed by atoms with Crippen molar-refractivity contribution in [2.24, 2.45) is 7.05 Å². The van der Waals surface area contributed by atoms with E-state index in [1.54, 1.807) is 30.8 Å². The Hall–Kier alpha value is -3.03.